The van der Waals surface area contributed by atoms with Gasteiger partial charge in [0.15, 0.2) is 0 Å². The number of ether oxygens (including phenoxy) is 1. The minimum absolute atomic E-state index is 0.0232. The van der Waals surface area contributed by atoms with Crippen molar-refractivity contribution in [2.75, 3.05) is 27.4 Å². The number of hydrogen-bond donors (Lipinski definition) is 2. The number of aliphatic hydroxyl groups excluding tert-OH is 1. The highest BCUT2D eigenvalue weighted by atomic mass is 16.5. The van der Waals surface area contributed by atoms with Gasteiger partial charge in [-0.2, -0.15) is 0 Å². The van der Waals surface area contributed by atoms with Crippen molar-refractivity contribution in [2.45, 2.75) is 44.8 Å². The van der Waals surface area contributed by atoms with E-state index in [-0.39, 0.29) is 24.7 Å². The topological polar surface area (TPSA) is 58.7 Å². The Kier molecular flexibility index (Phi) is 7.96. The van der Waals surface area contributed by atoms with E-state index in [2.05, 4.69) is 18.7 Å². The predicted molar refractivity (Wildman–Crippen MR) is 62.9 cm³/mol. The van der Waals surface area contributed by atoms with E-state index in [4.69, 9.17) is 10.5 Å². The number of likely N-dealkylation sites (N-methyl/N-ethyl adjacent to an activating group) is 1. The van der Waals surface area contributed by atoms with Crippen LogP contribution in [0.5, 0.6) is 0 Å². The Balaban J connectivity index is 4.24. The standard InChI is InChI=1S/C11H26N2O2/c1-5-6-10(12)11(7-14)13(3)9(2)8-15-4/h9-11,14H,5-8,12H2,1-4H3. The molecular weight excluding hydrogens is 192 g/mol. The Morgan fingerprint density at radius 1 is 1.47 bits per heavy atom. The van der Waals surface area contributed by atoms with Crippen molar-refractivity contribution in [3.63, 3.8) is 0 Å². The lowest BCUT2D eigenvalue weighted by molar-refractivity contribution is 0.0523. The smallest absolute Gasteiger partial charge is 0.0615 e. The van der Waals surface area contributed by atoms with Gasteiger partial charge in [-0.3, -0.25) is 4.90 Å². The lowest BCUT2D eigenvalue weighted by atomic mass is 10.0. The summed E-state index contributed by atoms with van der Waals surface area (Å²) in [4.78, 5) is 2.10. The van der Waals surface area contributed by atoms with Gasteiger partial charge in [-0.1, -0.05) is 13.3 Å². The van der Waals surface area contributed by atoms with Crippen molar-refractivity contribution in [3.05, 3.63) is 0 Å². The third-order valence-corrected chi connectivity index (χ3v) is 2.93. The van der Waals surface area contributed by atoms with Gasteiger partial charge in [-0.25, -0.2) is 0 Å². The second-order valence-electron chi connectivity index (χ2n) is 4.17. The minimum Gasteiger partial charge on any atom is -0.395 e. The van der Waals surface area contributed by atoms with Gasteiger partial charge in [-0.15, -0.1) is 0 Å². The van der Waals surface area contributed by atoms with Crippen LogP contribution in [-0.4, -0.2) is 55.5 Å². The van der Waals surface area contributed by atoms with E-state index in [9.17, 15) is 5.11 Å². The van der Waals surface area contributed by atoms with Crippen molar-refractivity contribution in [1.82, 2.24) is 4.90 Å². The first-order chi connectivity index (χ1) is 7.08. The van der Waals surface area contributed by atoms with Crippen molar-refractivity contribution < 1.29 is 9.84 Å². The van der Waals surface area contributed by atoms with E-state index in [1.54, 1.807) is 7.11 Å². The van der Waals surface area contributed by atoms with Gasteiger partial charge in [-0.05, 0) is 20.4 Å². The van der Waals surface area contributed by atoms with Crippen molar-refractivity contribution >= 4 is 0 Å². The molecule has 0 rings (SSSR count). The summed E-state index contributed by atoms with van der Waals surface area (Å²) in [5, 5.41) is 9.35. The zero-order valence-corrected chi connectivity index (χ0v) is 10.4. The molecule has 0 aromatic carbocycles. The Labute approximate surface area is 93.4 Å². The molecule has 15 heavy (non-hydrogen) atoms. The Morgan fingerprint density at radius 2 is 2.07 bits per heavy atom. The average molecular weight is 218 g/mol. The molecule has 4 nitrogen and oxygen atoms in total. The Morgan fingerprint density at radius 3 is 2.47 bits per heavy atom. The van der Waals surface area contributed by atoms with Gasteiger partial charge < -0.3 is 15.6 Å². The normalized spacial score (nSPS) is 17.8. The molecule has 0 aliphatic rings. The summed E-state index contributed by atoms with van der Waals surface area (Å²) in [6.45, 7) is 4.94. The SMILES string of the molecule is CCCC(N)C(CO)N(C)C(C)COC. The molecule has 0 radical (unpaired) electrons. The number of nitrogens with two attached hydrogens (primary N) is 1. The fourth-order valence-corrected chi connectivity index (χ4v) is 1.78. The van der Waals surface area contributed by atoms with E-state index >= 15 is 0 Å². The molecule has 0 bridgehead atoms. The summed E-state index contributed by atoms with van der Waals surface area (Å²) >= 11 is 0. The second kappa shape index (κ2) is 8.05. The molecule has 3 atom stereocenters. The predicted octanol–water partition coefficient (Wildman–Crippen LogP) is 0.441. The minimum atomic E-state index is 0.0232. The van der Waals surface area contributed by atoms with Crippen molar-refractivity contribution in [3.8, 4) is 0 Å². The molecule has 3 unspecified atom stereocenters. The van der Waals surface area contributed by atoms with Gasteiger partial charge in [0.25, 0.3) is 0 Å². The van der Waals surface area contributed by atoms with Crippen LogP contribution in [0, 0.1) is 0 Å². The van der Waals surface area contributed by atoms with E-state index in [1.807, 2.05) is 7.05 Å². The van der Waals surface area contributed by atoms with E-state index in [0.29, 0.717) is 6.61 Å². The van der Waals surface area contributed by atoms with Crippen molar-refractivity contribution in [1.29, 1.82) is 0 Å². The number of aliphatic hydroxyl groups is 1. The quantitative estimate of drug-likeness (QED) is 0.621. The first kappa shape index (κ1) is 14.8. The molecule has 0 amide bonds. The van der Waals surface area contributed by atoms with Crippen LogP contribution in [0.3, 0.4) is 0 Å². The number of rotatable bonds is 8. The molecule has 0 aliphatic carbocycles. The first-order valence-corrected chi connectivity index (χ1v) is 5.65. The molecule has 0 heterocycles. The van der Waals surface area contributed by atoms with Crippen LogP contribution in [0.25, 0.3) is 0 Å². The van der Waals surface area contributed by atoms with Crippen LogP contribution in [0.2, 0.25) is 0 Å². The largest absolute Gasteiger partial charge is 0.395 e. The zero-order chi connectivity index (χ0) is 11.8. The van der Waals surface area contributed by atoms with E-state index < -0.39 is 0 Å². The fraction of sp³-hybridized carbons (Fsp3) is 1.00. The van der Waals surface area contributed by atoms with Crippen LogP contribution in [0.15, 0.2) is 0 Å². The van der Waals surface area contributed by atoms with E-state index in [0.717, 1.165) is 12.8 Å². The third-order valence-electron chi connectivity index (χ3n) is 2.93. The number of methoxy groups -OCH3 is 1. The van der Waals surface area contributed by atoms with Crippen molar-refractivity contribution in [2.24, 2.45) is 5.73 Å². The summed E-state index contributed by atoms with van der Waals surface area (Å²) in [6.07, 6.45) is 1.99. The molecule has 0 saturated carbocycles. The molecule has 0 aromatic rings. The summed E-state index contributed by atoms with van der Waals surface area (Å²) in [7, 11) is 3.67. The van der Waals surface area contributed by atoms with Gasteiger partial charge >= 0.3 is 0 Å². The van der Waals surface area contributed by atoms with Crippen LogP contribution in [0.1, 0.15) is 26.7 Å². The molecule has 0 saturated heterocycles. The van der Waals surface area contributed by atoms with E-state index in [1.165, 1.54) is 0 Å². The van der Waals surface area contributed by atoms with Gasteiger partial charge in [0.2, 0.25) is 0 Å². The zero-order valence-electron chi connectivity index (χ0n) is 10.4. The highest BCUT2D eigenvalue weighted by molar-refractivity contribution is 4.82. The van der Waals surface area contributed by atoms with Gasteiger partial charge in [0.1, 0.15) is 0 Å². The molecule has 0 aromatic heterocycles. The lowest BCUT2D eigenvalue weighted by Gasteiger charge is -2.35. The monoisotopic (exact) mass is 218 g/mol. The first-order valence-electron chi connectivity index (χ1n) is 5.65. The molecule has 3 N–H and O–H groups in total. The molecule has 0 fully saturated rings. The molecule has 0 aliphatic heterocycles. The van der Waals surface area contributed by atoms with Crippen LogP contribution >= 0.6 is 0 Å². The number of hydrogen-bond acceptors (Lipinski definition) is 4. The lowest BCUT2D eigenvalue weighted by Crippen LogP contribution is -2.52. The molecular formula is C11H26N2O2. The highest BCUT2D eigenvalue weighted by Crippen LogP contribution is 2.09. The van der Waals surface area contributed by atoms with Crippen LogP contribution in [0.4, 0.5) is 0 Å². The van der Waals surface area contributed by atoms with Gasteiger partial charge in [0.05, 0.1) is 13.2 Å². The molecule has 0 spiro atoms. The Bertz CT molecular complexity index is 156. The average Bonchev–Trinajstić information content (AvgIpc) is 2.19. The maximum atomic E-state index is 9.35. The maximum Gasteiger partial charge on any atom is 0.0615 e. The van der Waals surface area contributed by atoms with Gasteiger partial charge in [0, 0.05) is 25.2 Å². The summed E-state index contributed by atoms with van der Waals surface area (Å²) < 4.78 is 5.10. The second-order valence-corrected chi connectivity index (χ2v) is 4.17. The van der Waals surface area contributed by atoms with Crippen LogP contribution < -0.4 is 5.73 Å². The fourth-order valence-electron chi connectivity index (χ4n) is 1.78. The highest BCUT2D eigenvalue weighted by Gasteiger charge is 2.24. The summed E-state index contributed by atoms with van der Waals surface area (Å²) in [5.41, 5.74) is 6.03. The maximum absolute atomic E-state index is 9.35. The Hall–Kier alpha value is -0.160. The summed E-state index contributed by atoms with van der Waals surface area (Å²) in [6, 6.07) is 0.328. The molecule has 4 heteroatoms. The number of nitrogens with zero attached hydrogens (tertiary/aromatic N) is 1. The third kappa shape index (κ3) is 4.93. The van der Waals surface area contributed by atoms with Crippen LogP contribution in [-0.2, 0) is 4.74 Å². The summed E-state index contributed by atoms with van der Waals surface area (Å²) in [5.74, 6) is 0. The molecule has 92 valence electrons.